The topological polar surface area (TPSA) is 23.6 Å². The number of rotatable bonds is 2. The average Bonchev–Trinajstić information content (AvgIpc) is 2.92. The van der Waals surface area contributed by atoms with Gasteiger partial charge in [-0.2, -0.15) is 0 Å². The molecule has 2 unspecified atom stereocenters. The molecule has 2 atom stereocenters. The summed E-state index contributed by atoms with van der Waals surface area (Å²) in [4.78, 5) is 17.8. The van der Waals surface area contributed by atoms with Crippen molar-refractivity contribution in [2.75, 3.05) is 32.7 Å². The Morgan fingerprint density at radius 1 is 1.12 bits per heavy atom. The molecule has 0 aliphatic carbocycles. The molecule has 128 valence electrons. The van der Waals surface area contributed by atoms with Gasteiger partial charge in [0.15, 0.2) is 0 Å². The van der Waals surface area contributed by atoms with Crippen LogP contribution in [0.15, 0.2) is 24.3 Å². The number of hydrogen-bond donors (Lipinski definition) is 0. The molecule has 0 N–H and O–H groups in total. The third-order valence-electron chi connectivity index (χ3n) is 6.46. The van der Waals surface area contributed by atoms with Crippen LogP contribution in [0.5, 0.6) is 0 Å². The van der Waals surface area contributed by atoms with Gasteiger partial charge in [0, 0.05) is 19.6 Å². The van der Waals surface area contributed by atoms with Gasteiger partial charge in [0.1, 0.15) is 0 Å². The van der Waals surface area contributed by atoms with Crippen LogP contribution in [0, 0.1) is 19.3 Å². The van der Waals surface area contributed by atoms with E-state index in [4.69, 9.17) is 0 Å². The lowest BCUT2D eigenvalue weighted by Gasteiger charge is -2.38. The normalized spacial score (nSPS) is 29.5. The highest BCUT2D eigenvalue weighted by Gasteiger charge is 2.48. The van der Waals surface area contributed by atoms with Gasteiger partial charge in [-0.25, -0.2) is 0 Å². The highest BCUT2D eigenvalue weighted by molar-refractivity contribution is 5.85. The zero-order chi connectivity index (χ0) is 16.7. The quantitative estimate of drug-likeness (QED) is 0.832. The van der Waals surface area contributed by atoms with Crippen LogP contribution < -0.4 is 0 Å². The third kappa shape index (κ3) is 2.59. The van der Waals surface area contributed by atoms with Crippen molar-refractivity contribution in [1.82, 2.24) is 9.80 Å². The minimum Gasteiger partial charge on any atom is -0.338 e. The van der Waals surface area contributed by atoms with E-state index >= 15 is 0 Å². The highest BCUT2D eigenvalue weighted by Crippen LogP contribution is 2.41. The minimum absolute atomic E-state index is 0.0666. The van der Waals surface area contributed by atoms with Crippen molar-refractivity contribution in [2.24, 2.45) is 5.41 Å². The van der Waals surface area contributed by atoms with Gasteiger partial charge in [0.2, 0.25) is 5.91 Å². The van der Waals surface area contributed by atoms with Gasteiger partial charge in [-0.1, -0.05) is 24.3 Å². The molecule has 24 heavy (non-hydrogen) atoms. The van der Waals surface area contributed by atoms with Crippen molar-refractivity contribution in [2.45, 2.75) is 39.5 Å². The Labute approximate surface area is 145 Å². The molecule has 1 aromatic rings. The van der Waals surface area contributed by atoms with Crippen LogP contribution in [0.1, 0.15) is 42.4 Å². The van der Waals surface area contributed by atoms with Crippen molar-refractivity contribution < 1.29 is 4.79 Å². The summed E-state index contributed by atoms with van der Waals surface area (Å²) in [5, 5.41) is 0. The number of fused-ring (bicyclic) bond motifs is 2. The number of amides is 1. The number of benzene rings is 1. The first kappa shape index (κ1) is 15.9. The molecule has 3 heteroatoms. The molecule has 3 nitrogen and oxygen atoms in total. The van der Waals surface area contributed by atoms with Crippen LogP contribution in [-0.4, -0.2) is 48.4 Å². The Balaban J connectivity index is 1.50. The molecular formula is C21H28N2O. The molecule has 3 heterocycles. The molecule has 0 saturated carbocycles. The van der Waals surface area contributed by atoms with E-state index in [0.717, 1.165) is 45.4 Å². The lowest BCUT2D eigenvalue weighted by molar-refractivity contribution is -0.142. The molecular weight excluding hydrogens is 296 g/mol. The first-order valence-electron chi connectivity index (χ1n) is 9.36. The Kier molecular flexibility index (Phi) is 4.00. The molecule has 3 aliphatic heterocycles. The lowest BCUT2D eigenvalue weighted by Crippen LogP contribution is -2.48. The van der Waals surface area contributed by atoms with Crippen molar-refractivity contribution in [1.29, 1.82) is 0 Å². The average molecular weight is 324 g/mol. The standard InChI is InChI=1S/C21H28N2O/c1-16-5-3-6-19(17(16)2)18-7-12-23(13-8-18)20(24)21-9-4-11-22(15-21)14-10-21/h3,5-7H,4,8-15H2,1-2H3. The number of nitrogens with zero attached hydrogens (tertiary/aromatic N) is 2. The summed E-state index contributed by atoms with van der Waals surface area (Å²) >= 11 is 0. The monoisotopic (exact) mass is 324 g/mol. The molecule has 0 spiro atoms. The number of carbonyl (C=O) groups is 1. The van der Waals surface area contributed by atoms with Crippen LogP contribution in [0.3, 0.4) is 0 Å². The van der Waals surface area contributed by atoms with Gasteiger partial charge in [-0.15, -0.1) is 0 Å². The number of aryl methyl sites for hydroxylation is 1. The highest BCUT2D eigenvalue weighted by atomic mass is 16.2. The maximum Gasteiger partial charge on any atom is 0.230 e. The summed E-state index contributed by atoms with van der Waals surface area (Å²) in [5.74, 6) is 0.418. The van der Waals surface area contributed by atoms with Crippen LogP contribution >= 0.6 is 0 Å². The van der Waals surface area contributed by atoms with Crippen molar-refractivity contribution in [3.8, 4) is 0 Å². The van der Waals surface area contributed by atoms with Crippen LogP contribution in [0.2, 0.25) is 0 Å². The Bertz CT molecular complexity index is 689. The van der Waals surface area contributed by atoms with E-state index in [9.17, 15) is 4.79 Å². The molecule has 1 aromatic carbocycles. The second-order valence-corrected chi connectivity index (χ2v) is 7.89. The lowest BCUT2D eigenvalue weighted by atomic mass is 9.79. The maximum atomic E-state index is 13.2. The van der Waals surface area contributed by atoms with E-state index in [2.05, 4.69) is 47.9 Å². The zero-order valence-electron chi connectivity index (χ0n) is 15.0. The molecule has 3 aliphatic rings. The first-order valence-corrected chi connectivity index (χ1v) is 9.36. The van der Waals surface area contributed by atoms with Gasteiger partial charge < -0.3 is 9.80 Å². The fourth-order valence-corrected chi connectivity index (χ4v) is 4.81. The Hall–Kier alpha value is -1.61. The molecule has 2 fully saturated rings. The Morgan fingerprint density at radius 2 is 2.00 bits per heavy atom. The molecule has 1 amide bonds. The van der Waals surface area contributed by atoms with Crippen molar-refractivity contribution in [3.05, 3.63) is 41.0 Å². The summed E-state index contributed by atoms with van der Waals surface area (Å²) < 4.78 is 0. The summed E-state index contributed by atoms with van der Waals surface area (Å²) in [7, 11) is 0. The van der Waals surface area contributed by atoms with Crippen molar-refractivity contribution in [3.63, 3.8) is 0 Å². The van der Waals surface area contributed by atoms with Crippen molar-refractivity contribution >= 4 is 11.5 Å². The third-order valence-corrected chi connectivity index (χ3v) is 6.46. The van der Waals surface area contributed by atoms with E-state index in [1.54, 1.807) is 0 Å². The van der Waals surface area contributed by atoms with Crippen LogP contribution in [0.4, 0.5) is 0 Å². The first-order chi connectivity index (χ1) is 11.6. The van der Waals surface area contributed by atoms with E-state index in [-0.39, 0.29) is 5.41 Å². The predicted molar refractivity (Wildman–Crippen MR) is 97.8 cm³/mol. The van der Waals surface area contributed by atoms with Crippen LogP contribution in [0.25, 0.3) is 5.57 Å². The van der Waals surface area contributed by atoms with Crippen LogP contribution in [-0.2, 0) is 4.79 Å². The largest absolute Gasteiger partial charge is 0.338 e. The second-order valence-electron chi connectivity index (χ2n) is 7.89. The van der Waals surface area contributed by atoms with Gasteiger partial charge in [0.25, 0.3) is 0 Å². The minimum atomic E-state index is -0.0666. The fraction of sp³-hybridized carbons (Fsp3) is 0.571. The second kappa shape index (κ2) is 6.03. The van der Waals surface area contributed by atoms with Gasteiger partial charge in [-0.05, 0) is 74.9 Å². The SMILES string of the molecule is Cc1cccc(C2=CCN(C(=O)C34CCCN(CC3)C4)CC2)c1C. The smallest absolute Gasteiger partial charge is 0.230 e. The molecule has 4 rings (SSSR count). The summed E-state index contributed by atoms with van der Waals surface area (Å²) in [6.07, 6.45) is 6.61. The maximum absolute atomic E-state index is 13.2. The van der Waals surface area contributed by atoms with Gasteiger partial charge in [-0.3, -0.25) is 4.79 Å². The number of piperidine rings is 1. The van der Waals surface area contributed by atoms with E-state index < -0.39 is 0 Å². The summed E-state index contributed by atoms with van der Waals surface area (Å²) in [6, 6.07) is 6.54. The molecule has 0 radical (unpaired) electrons. The molecule has 0 aromatic heterocycles. The Morgan fingerprint density at radius 3 is 2.79 bits per heavy atom. The summed E-state index contributed by atoms with van der Waals surface area (Å²) in [6.45, 7) is 9.33. The fourth-order valence-electron chi connectivity index (χ4n) is 4.81. The van der Waals surface area contributed by atoms with E-state index in [0.29, 0.717) is 5.91 Å². The predicted octanol–water partition coefficient (Wildman–Crippen LogP) is 3.41. The van der Waals surface area contributed by atoms with Gasteiger partial charge >= 0.3 is 0 Å². The molecule has 2 bridgehead atoms. The number of hydrogen-bond acceptors (Lipinski definition) is 2. The van der Waals surface area contributed by atoms with Gasteiger partial charge in [0.05, 0.1) is 5.41 Å². The zero-order valence-corrected chi connectivity index (χ0v) is 15.0. The van der Waals surface area contributed by atoms with E-state index in [1.807, 2.05) is 0 Å². The van der Waals surface area contributed by atoms with E-state index in [1.165, 1.54) is 35.2 Å². The number of carbonyl (C=O) groups excluding carboxylic acids is 1. The summed E-state index contributed by atoms with van der Waals surface area (Å²) in [5.41, 5.74) is 5.43. The molecule has 2 saturated heterocycles.